The average Bonchev–Trinajstić information content (AvgIpc) is 2.51. The molecule has 4 nitrogen and oxygen atoms in total. The van der Waals surface area contributed by atoms with E-state index in [1.165, 1.54) is 0 Å². The molecule has 0 aliphatic rings. The summed E-state index contributed by atoms with van der Waals surface area (Å²) in [6, 6.07) is 12.6. The van der Waals surface area contributed by atoms with E-state index in [0.717, 1.165) is 11.1 Å². The van der Waals surface area contributed by atoms with E-state index in [-0.39, 0.29) is 5.91 Å². The van der Waals surface area contributed by atoms with Crippen LogP contribution in [0.4, 0.5) is 5.69 Å². The standard InChI is InChI=1S/C17H16Cl2N2O2/c1-11-3-5-13(6-4-11)10-20-23-12(2)17(22)21-16-8-7-14(18)9-15(16)19/h3-10,12H,1-2H3,(H,21,22)/b20-10-/t12-/m0/s1. The summed E-state index contributed by atoms with van der Waals surface area (Å²) in [5.74, 6) is -0.352. The van der Waals surface area contributed by atoms with E-state index in [2.05, 4.69) is 10.5 Å². The summed E-state index contributed by atoms with van der Waals surface area (Å²) >= 11 is 11.8. The monoisotopic (exact) mass is 350 g/mol. The van der Waals surface area contributed by atoms with E-state index in [0.29, 0.717) is 15.7 Å². The number of hydrogen-bond acceptors (Lipinski definition) is 3. The average molecular weight is 351 g/mol. The molecular formula is C17H16Cl2N2O2. The Bertz CT molecular complexity index is 715. The van der Waals surface area contributed by atoms with Crippen molar-refractivity contribution in [3.63, 3.8) is 0 Å². The first-order valence-corrected chi connectivity index (χ1v) is 7.73. The van der Waals surface area contributed by atoms with Crippen LogP contribution in [0.2, 0.25) is 10.0 Å². The topological polar surface area (TPSA) is 50.7 Å². The number of nitrogens with one attached hydrogen (secondary N) is 1. The maximum absolute atomic E-state index is 12.0. The molecule has 2 aromatic carbocycles. The molecule has 1 atom stereocenters. The van der Waals surface area contributed by atoms with Crippen LogP contribution in [-0.2, 0) is 9.63 Å². The number of nitrogens with zero attached hydrogens (tertiary/aromatic N) is 1. The molecule has 0 aliphatic heterocycles. The Hall–Kier alpha value is -2.04. The highest BCUT2D eigenvalue weighted by Crippen LogP contribution is 2.25. The molecule has 6 heteroatoms. The number of carbonyl (C=O) groups is 1. The van der Waals surface area contributed by atoms with Crippen LogP contribution in [0.25, 0.3) is 0 Å². The van der Waals surface area contributed by atoms with E-state index >= 15 is 0 Å². The SMILES string of the molecule is Cc1ccc(/C=N\O[C@@H](C)C(=O)Nc2ccc(Cl)cc2Cl)cc1. The summed E-state index contributed by atoms with van der Waals surface area (Å²) in [4.78, 5) is 17.2. The minimum atomic E-state index is -0.761. The zero-order valence-corrected chi connectivity index (χ0v) is 14.2. The number of carbonyl (C=O) groups excluding carboxylic acids is 1. The number of halogens is 2. The van der Waals surface area contributed by atoms with Crippen LogP contribution >= 0.6 is 23.2 Å². The van der Waals surface area contributed by atoms with E-state index in [4.69, 9.17) is 28.0 Å². The lowest BCUT2D eigenvalue weighted by Gasteiger charge is -2.11. The first-order valence-electron chi connectivity index (χ1n) is 6.97. The third-order valence-corrected chi connectivity index (χ3v) is 3.60. The summed E-state index contributed by atoms with van der Waals surface area (Å²) < 4.78 is 0. The Morgan fingerprint density at radius 3 is 2.57 bits per heavy atom. The predicted octanol–water partition coefficient (Wildman–Crippen LogP) is 4.68. The van der Waals surface area contributed by atoms with Gasteiger partial charge >= 0.3 is 0 Å². The first-order chi connectivity index (χ1) is 11.0. The van der Waals surface area contributed by atoms with Gasteiger partial charge in [0.05, 0.1) is 16.9 Å². The number of hydrogen-bond donors (Lipinski definition) is 1. The molecule has 0 unspecified atom stereocenters. The Morgan fingerprint density at radius 1 is 1.22 bits per heavy atom. The van der Waals surface area contributed by atoms with Crippen LogP contribution in [0.3, 0.4) is 0 Å². The molecule has 1 N–H and O–H groups in total. The van der Waals surface area contributed by atoms with Crippen molar-refractivity contribution in [2.45, 2.75) is 20.0 Å². The van der Waals surface area contributed by atoms with Crippen LogP contribution in [-0.4, -0.2) is 18.2 Å². The van der Waals surface area contributed by atoms with Crippen LogP contribution in [0.1, 0.15) is 18.1 Å². The molecule has 0 fully saturated rings. The number of amides is 1. The van der Waals surface area contributed by atoms with E-state index < -0.39 is 6.10 Å². The van der Waals surface area contributed by atoms with Crippen LogP contribution in [0.15, 0.2) is 47.6 Å². The fourth-order valence-electron chi connectivity index (χ4n) is 1.71. The summed E-state index contributed by atoms with van der Waals surface area (Å²) in [5, 5.41) is 7.36. The van der Waals surface area contributed by atoms with Crippen molar-refractivity contribution in [3.05, 3.63) is 63.6 Å². The highest BCUT2D eigenvalue weighted by molar-refractivity contribution is 6.36. The number of oxime groups is 1. The lowest BCUT2D eigenvalue weighted by molar-refractivity contribution is -0.126. The molecule has 0 radical (unpaired) electrons. The molecule has 120 valence electrons. The second-order valence-corrected chi connectivity index (χ2v) is 5.85. The predicted molar refractivity (Wildman–Crippen MR) is 94.4 cm³/mol. The molecule has 0 aromatic heterocycles. The van der Waals surface area contributed by atoms with Crippen LogP contribution in [0, 0.1) is 6.92 Å². The molecule has 0 saturated heterocycles. The number of anilines is 1. The summed E-state index contributed by atoms with van der Waals surface area (Å²) in [6.45, 7) is 3.61. The van der Waals surface area contributed by atoms with Gasteiger partial charge in [0, 0.05) is 5.02 Å². The number of benzene rings is 2. The molecule has 1 amide bonds. The zero-order valence-electron chi connectivity index (χ0n) is 12.7. The smallest absolute Gasteiger partial charge is 0.268 e. The van der Waals surface area contributed by atoms with Gasteiger partial charge in [0.1, 0.15) is 0 Å². The molecule has 2 rings (SSSR count). The maximum atomic E-state index is 12.0. The summed E-state index contributed by atoms with van der Waals surface area (Å²) in [6.07, 6.45) is 0.793. The van der Waals surface area contributed by atoms with Crippen molar-refractivity contribution in [1.82, 2.24) is 0 Å². The third kappa shape index (κ3) is 5.27. The zero-order chi connectivity index (χ0) is 16.8. The van der Waals surface area contributed by atoms with Gasteiger partial charge in [0.25, 0.3) is 5.91 Å². The van der Waals surface area contributed by atoms with Crippen molar-refractivity contribution >= 4 is 41.0 Å². The fourth-order valence-corrected chi connectivity index (χ4v) is 2.16. The van der Waals surface area contributed by atoms with Gasteiger partial charge in [0.2, 0.25) is 6.10 Å². The quantitative estimate of drug-likeness (QED) is 0.628. The lowest BCUT2D eigenvalue weighted by Crippen LogP contribution is -2.26. The summed E-state index contributed by atoms with van der Waals surface area (Å²) in [5.41, 5.74) is 2.53. The van der Waals surface area contributed by atoms with E-state index in [1.54, 1.807) is 31.3 Å². The molecule has 0 heterocycles. The molecule has 0 bridgehead atoms. The highest BCUT2D eigenvalue weighted by atomic mass is 35.5. The lowest BCUT2D eigenvalue weighted by atomic mass is 10.2. The van der Waals surface area contributed by atoms with Gasteiger partial charge in [-0.1, -0.05) is 58.2 Å². The maximum Gasteiger partial charge on any atom is 0.268 e. The van der Waals surface area contributed by atoms with Crippen molar-refractivity contribution in [3.8, 4) is 0 Å². The van der Waals surface area contributed by atoms with Gasteiger partial charge in [-0.15, -0.1) is 0 Å². The second-order valence-electron chi connectivity index (χ2n) is 5.01. The van der Waals surface area contributed by atoms with Gasteiger partial charge in [0.15, 0.2) is 0 Å². The Balaban J connectivity index is 1.90. The van der Waals surface area contributed by atoms with E-state index in [1.807, 2.05) is 31.2 Å². The van der Waals surface area contributed by atoms with Crippen molar-refractivity contribution in [2.75, 3.05) is 5.32 Å². The van der Waals surface area contributed by atoms with Crippen LogP contribution < -0.4 is 5.32 Å². The van der Waals surface area contributed by atoms with Crippen molar-refractivity contribution in [1.29, 1.82) is 0 Å². The number of rotatable bonds is 5. The normalized spacial score (nSPS) is 12.2. The largest absolute Gasteiger partial charge is 0.383 e. The Labute approximate surface area is 145 Å². The number of aryl methyl sites for hydroxylation is 1. The Morgan fingerprint density at radius 2 is 1.91 bits per heavy atom. The molecular weight excluding hydrogens is 335 g/mol. The minimum absolute atomic E-state index is 0.352. The third-order valence-electron chi connectivity index (χ3n) is 3.06. The van der Waals surface area contributed by atoms with Crippen molar-refractivity contribution in [2.24, 2.45) is 5.16 Å². The fraction of sp³-hybridized carbons (Fsp3) is 0.176. The van der Waals surface area contributed by atoms with Gasteiger partial charge < -0.3 is 10.2 Å². The summed E-state index contributed by atoms with van der Waals surface area (Å²) in [7, 11) is 0. The van der Waals surface area contributed by atoms with E-state index in [9.17, 15) is 4.79 Å². The van der Waals surface area contributed by atoms with Crippen LogP contribution in [0.5, 0.6) is 0 Å². The first kappa shape index (κ1) is 17.3. The van der Waals surface area contributed by atoms with Gasteiger partial charge in [-0.2, -0.15) is 0 Å². The molecule has 0 spiro atoms. The minimum Gasteiger partial charge on any atom is -0.383 e. The highest BCUT2D eigenvalue weighted by Gasteiger charge is 2.15. The Kier molecular flexibility index (Phi) is 6.02. The molecule has 23 heavy (non-hydrogen) atoms. The van der Waals surface area contributed by atoms with Gasteiger partial charge in [-0.25, -0.2) is 0 Å². The second kappa shape index (κ2) is 7.99. The molecule has 0 saturated carbocycles. The van der Waals surface area contributed by atoms with Gasteiger partial charge in [-0.3, -0.25) is 4.79 Å². The molecule has 2 aromatic rings. The van der Waals surface area contributed by atoms with Gasteiger partial charge in [-0.05, 0) is 37.6 Å². The molecule has 0 aliphatic carbocycles. The van der Waals surface area contributed by atoms with Crippen molar-refractivity contribution < 1.29 is 9.63 Å².